The summed E-state index contributed by atoms with van der Waals surface area (Å²) in [6, 6.07) is 8.53. The van der Waals surface area contributed by atoms with Gasteiger partial charge in [-0.05, 0) is 49.2 Å². The highest BCUT2D eigenvalue weighted by Gasteiger charge is 2.23. The minimum Gasteiger partial charge on any atom is -0.352 e. The van der Waals surface area contributed by atoms with Crippen LogP contribution in [0.3, 0.4) is 0 Å². The van der Waals surface area contributed by atoms with Gasteiger partial charge in [0.25, 0.3) is 0 Å². The van der Waals surface area contributed by atoms with E-state index in [-0.39, 0.29) is 12.5 Å². The third-order valence-corrected chi connectivity index (χ3v) is 3.67. The van der Waals surface area contributed by atoms with E-state index in [0.29, 0.717) is 11.2 Å². The molecule has 1 aliphatic carbocycles. The highest BCUT2D eigenvalue weighted by Crippen LogP contribution is 2.18. The lowest BCUT2D eigenvalue weighted by atomic mass is 10.1. The van der Waals surface area contributed by atoms with E-state index in [1.54, 1.807) is 4.90 Å². The predicted molar refractivity (Wildman–Crippen MR) is 85.8 cm³/mol. The second-order valence-electron chi connectivity index (χ2n) is 5.18. The van der Waals surface area contributed by atoms with Gasteiger partial charge in [0.05, 0.1) is 6.54 Å². The van der Waals surface area contributed by atoms with Crippen molar-refractivity contribution in [3.05, 3.63) is 29.8 Å². The highest BCUT2D eigenvalue weighted by molar-refractivity contribution is 7.80. The minimum absolute atomic E-state index is 0.0291. The summed E-state index contributed by atoms with van der Waals surface area (Å²) >= 11 is 5.32. The zero-order valence-corrected chi connectivity index (χ0v) is 12.8. The molecule has 20 heavy (non-hydrogen) atoms. The molecule has 1 saturated carbocycles. The molecule has 0 heterocycles. The van der Waals surface area contributed by atoms with E-state index in [1.807, 2.05) is 19.2 Å². The van der Waals surface area contributed by atoms with Crippen LogP contribution in [-0.2, 0) is 11.2 Å². The van der Waals surface area contributed by atoms with Crippen molar-refractivity contribution in [2.24, 2.45) is 0 Å². The molecule has 1 aromatic carbocycles. The first-order chi connectivity index (χ1) is 9.58. The van der Waals surface area contributed by atoms with E-state index in [2.05, 4.69) is 29.7 Å². The Morgan fingerprint density at radius 3 is 2.85 bits per heavy atom. The molecular weight excluding hydrogens is 270 g/mol. The number of nitrogens with zero attached hydrogens (tertiary/aromatic N) is 1. The third-order valence-electron chi connectivity index (χ3n) is 3.26. The second-order valence-corrected chi connectivity index (χ2v) is 5.57. The monoisotopic (exact) mass is 291 g/mol. The largest absolute Gasteiger partial charge is 0.352 e. The number of thiocarbonyl (C=S) groups is 1. The van der Waals surface area contributed by atoms with E-state index in [0.717, 1.165) is 24.9 Å². The van der Waals surface area contributed by atoms with Crippen molar-refractivity contribution in [2.75, 3.05) is 18.9 Å². The summed E-state index contributed by atoms with van der Waals surface area (Å²) in [4.78, 5) is 13.5. The molecule has 0 radical (unpaired) electrons. The predicted octanol–water partition coefficient (Wildman–Crippen LogP) is 2.16. The fourth-order valence-corrected chi connectivity index (χ4v) is 2.06. The van der Waals surface area contributed by atoms with Crippen LogP contribution in [0.15, 0.2) is 24.3 Å². The lowest BCUT2D eigenvalue weighted by molar-refractivity contribution is -0.121. The molecule has 2 rings (SSSR count). The Morgan fingerprint density at radius 1 is 1.45 bits per heavy atom. The van der Waals surface area contributed by atoms with Crippen LogP contribution in [0.25, 0.3) is 0 Å². The molecule has 0 unspecified atom stereocenters. The number of aryl methyl sites for hydroxylation is 1. The van der Waals surface area contributed by atoms with Crippen LogP contribution < -0.4 is 10.6 Å². The van der Waals surface area contributed by atoms with Gasteiger partial charge in [0, 0.05) is 18.8 Å². The Balaban J connectivity index is 1.84. The van der Waals surface area contributed by atoms with Crippen molar-refractivity contribution >= 4 is 28.9 Å². The van der Waals surface area contributed by atoms with Crippen LogP contribution in [0.1, 0.15) is 25.3 Å². The first-order valence-electron chi connectivity index (χ1n) is 6.99. The van der Waals surface area contributed by atoms with Gasteiger partial charge in [-0.25, -0.2) is 0 Å². The minimum atomic E-state index is 0.0291. The number of nitrogens with one attached hydrogen (secondary N) is 2. The number of benzene rings is 1. The first-order valence-corrected chi connectivity index (χ1v) is 7.39. The first kappa shape index (κ1) is 14.8. The number of rotatable bonds is 5. The van der Waals surface area contributed by atoms with E-state index < -0.39 is 0 Å². The lowest BCUT2D eigenvalue weighted by Crippen LogP contribution is -2.40. The van der Waals surface area contributed by atoms with Crippen molar-refractivity contribution < 1.29 is 4.79 Å². The standard InChI is InChI=1S/C15H21N3OS/c1-3-11-5-4-6-13(9-11)17-15(20)18(2)10-14(19)16-12-7-8-12/h4-6,9,12H,3,7-8,10H2,1-2H3,(H,16,19)(H,17,20). The molecule has 0 aromatic heterocycles. The van der Waals surface area contributed by atoms with Gasteiger partial charge in [0.2, 0.25) is 5.91 Å². The Morgan fingerprint density at radius 2 is 2.20 bits per heavy atom. The molecule has 5 heteroatoms. The molecule has 1 amide bonds. The second kappa shape index (κ2) is 6.70. The fraction of sp³-hybridized carbons (Fsp3) is 0.467. The Hall–Kier alpha value is -1.62. The van der Waals surface area contributed by atoms with E-state index in [1.165, 1.54) is 5.56 Å². The molecule has 0 bridgehead atoms. The average molecular weight is 291 g/mol. The van der Waals surface area contributed by atoms with Gasteiger partial charge >= 0.3 is 0 Å². The van der Waals surface area contributed by atoms with Crippen molar-refractivity contribution in [1.29, 1.82) is 0 Å². The summed E-state index contributed by atoms with van der Waals surface area (Å²) in [5.74, 6) is 0.0291. The van der Waals surface area contributed by atoms with Crippen molar-refractivity contribution in [2.45, 2.75) is 32.2 Å². The van der Waals surface area contributed by atoms with Crippen molar-refractivity contribution in [1.82, 2.24) is 10.2 Å². The molecule has 2 N–H and O–H groups in total. The summed E-state index contributed by atoms with van der Waals surface area (Å²) in [6.07, 6.45) is 3.19. The average Bonchev–Trinajstić information content (AvgIpc) is 3.22. The number of carbonyl (C=O) groups is 1. The van der Waals surface area contributed by atoms with Crippen molar-refractivity contribution in [3.8, 4) is 0 Å². The van der Waals surface area contributed by atoms with Gasteiger partial charge in [-0.15, -0.1) is 0 Å². The van der Waals surface area contributed by atoms with E-state index >= 15 is 0 Å². The summed E-state index contributed by atoms with van der Waals surface area (Å²) in [5, 5.41) is 6.68. The molecule has 1 aromatic rings. The van der Waals surface area contributed by atoms with Crippen LogP contribution in [0.5, 0.6) is 0 Å². The highest BCUT2D eigenvalue weighted by atomic mass is 32.1. The maximum Gasteiger partial charge on any atom is 0.239 e. The topological polar surface area (TPSA) is 44.4 Å². The molecule has 0 atom stereocenters. The summed E-state index contributed by atoms with van der Waals surface area (Å²) < 4.78 is 0. The zero-order chi connectivity index (χ0) is 14.5. The lowest BCUT2D eigenvalue weighted by Gasteiger charge is -2.20. The van der Waals surface area contributed by atoms with E-state index in [4.69, 9.17) is 12.2 Å². The van der Waals surface area contributed by atoms with Crippen LogP contribution in [0.2, 0.25) is 0 Å². The molecule has 4 nitrogen and oxygen atoms in total. The van der Waals surface area contributed by atoms with Gasteiger partial charge in [0.1, 0.15) is 0 Å². The Kier molecular flexibility index (Phi) is 4.95. The zero-order valence-electron chi connectivity index (χ0n) is 12.0. The van der Waals surface area contributed by atoms with Crippen LogP contribution in [0.4, 0.5) is 5.69 Å². The Bertz CT molecular complexity index is 500. The fourth-order valence-electron chi connectivity index (χ4n) is 1.88. The number of amides is 1. The maximum absolute atomic E-state index is 11.7. The quantitative estimate of drug-likeness (QED) is 0.816. The van der Waals surface area contributed by atoms with Crippen LogP contribution >= 0.6 is 12.2 Å². The molecule has 0 aliphatic heterocycles. The van der Waals surface area contributed by atoms with Crippen LogP contribution in [-0.4, -0.2) is 35.6 Å². The smallest absolute Gasteiger partial charge is 0.239 e. The summed E-state index contributed by atoms with van der Waals surface area (Å²) in [5.41, 5.74) is 2.22. The van der Waals surface area contributed by atoms with Gasteiger partial charge in [0.15, 0.2) is 5.11 Å². The molecule has 0 saturated heterocycles. The van der Waals surface area contributed by atoms with Gasteiger partial charge in [-0.2, -0.15) is 0 Å². The van der Waals surface area contributed by atoms with Gasteiger partial charge in [-0.3, -0.25) is 4.79 Å². The molecular formula is C15H21N3OS. The van der Waals surface area contributed by atoms with Gasteiger partial charge in [-0.1, -0.05) is 19.1 Å². The van der Waals surface area contributed by atoms with E-state index in [9.17, 15) is 4.79 Å². The number of carbonyl (C=O) groups excluding carboxylic acids is 1. The molecule has 0 spiro atoms. The molecule has 108 valence electrons. The van der Waals surface area contributed by atoms with Crippen LogP contribution in [0, 0.1) is 0 Å². The number of hydrogen-bond donors (Lipinski definition) is 2. The number of hydrogen-bond acceptors (Lipinski definition) is 2. The molecule has 1 aliphatic rings. The maximum atomic E-state index is 11.7. The number of likely N-dealkylation sites (N-methyl/N-ethyl adjacent to an activating group) is 1. The normalized spacial score (nSPS) is 13.7. The summed E-state index contributed by atoms with van der Waals surface area (Å²) in [6.45, 7) is 2.40. The third kappa shape index (κ3) is 4.49. The SMILES string of the molecule is CCc1cccc(NC(=S)N(C)CC(=O)NC2CC2)c1. The Labute approximate surface area is 125 Å². The summed E-state index contributed by atoms with van der Waals surface area (Å²) in [7, 11) is 1.82. The molecule has 1 fully saturated rings. The van der Waals surface area contributed by atoms with Crippen molar-refractivity contribution in [3.63, 3.8) is 0 Å². The van der Waals surface area contributed by atoms with Gasteiger partial charge < -0.3 is 15.5 Å². The number of anilines is 1.